The number of nitrogens with one attached hydrogen (secondary N) is 1. The Morgan fingerprint density at radius 2 is 1.79 bits per heavy atom. The number of carbonyl (C=O) groups is 1. The van der Waals surface area contributed by atoms with Crippen LogP contribution in [0.25, 0.3) is 11.5 Å². The summed E-state index contributed by atoms with van der Waals surface area (Å²) in [6.45, 7) is 5.40. The van der Waals surface area contributed by atoms with E-state index in [4.69, 9.17) is 13.9 Å². The van der Waals surface area contributed by atoms with E-state index < -0.39 is 5.91 Å². The van der Waals surface area contributed by atoms with Gasteiger partial charge in [-0.15, -0.1) is 10.2 Å². The van der Waals surface area contributed by atoms with E-state index in [0.29, 0.717) is 43.2 Å². The quantitative estimate of drug-likeness (QED) is 0.607. The molecule has 0 aliphatic carbocycles. The molecule has 1 aromatic carbocycles. The first kappa shape index (κ1) is 19.3. The molecular weight excluding hydrogens is 360 g/mol. The molecule has 3 rings (SSSR count). The number of hydrogen-bond donors (Lipinski definition) is 1. The van der Waals surface area contributed by atoms with Gasteiger partial charge in [-0.2, -0.15) is 0 Å². The van der Waals surface area contributed by atoms with E-state index in [1.165, 1.54) is 0 Å². The summed E-state index contributed by atoms with van der Waals surface area (Å²) >= 11 is 0. The zero-order chi connectivity index (χ0) is 19.8. The third kappa shape index (κ3) is 4.85. The van der Waals surface area contributed by atoms with E-state index >= 15 is 0 Å². The Morgan fingerprint density at radius 3 is 2.54 bits per heavy atom. The van der Waals surface area contributed by atoms with Gasteiger partial charge in [-0.3, -0.25) is 9.78 Å². The standard InChI is InChI=1S/C20H22N4O4/c1-3-26-16-6-5-14(13-17(16)27-4-2)7-12-22-18(25)20-24-23-19(28-20)15-8-10-21-11-9-15/h5-6,8-11,13H,3-4,7,12H2,1-2H3,(H,22,25). The summed E-state index contributed by atoms with van der Waals surface area (Å²) in [6.07, 6.45) is 3.86. The minimum atomic E-state index is -0.413. The molecule has 0 saturated heterocycles. The Bertz CT molecular complexity index is 912. The number of benzene rings is 1. The normalized spacial score (nSPS) is 10.5. The van der Waals surface area contributed by atoms with Gasteiger partial charge in [-0.25, -0.2) is 0 Å². The molecule has 28 heavy (non-hydrogen) atoms. The maximum atomic E-state index is 12.2. The predicted octanol–water partition coefficient (Wildman–Crippen LogP) is 2.90. The lowest BCUT2D eigenvalue weighted by Crippen LogP contribution is -2.26. The van der Waals surface area contributed by atoms with Gasteiger partial charge >= 0.3 is 11.8 Å². The van der Waals surface area contributed by atoms with Gasteiger partial charge in [0.25, 0.3) is 0 Å². The topological polar surface area (TPSA) is 99.4 Å². The Labute approximate surface area is 162 Å². The fourth-order valence-corrected chi connectivity index (χ4v) is 2.57. The molecule has 2 heterocycles. The summed E-state index contributed by atoms with van der Waals surface area (Å²) in [4.78, 5) is 16.2. The SMILES string of the molecule is CCOc1ccc(CCNC(=O)c2nnc(-c3ccncc3)o2)cc1OCC. The molecule has 0 aliphatic heterocycles. The second-order valence-corrected chi connectivity index (χ2v) is 5.80. The molecule has 146 valence electrons. The molecule has 2 aromatic heterocycles. The average molecular weight is 382 g/mol. The summed E-state index contributed by atoms with van der Waals surface area (Å²) in [7, 11) is 0. The Morgan fingerprint density at radius 1 is 1.04 bits per heavy atom. The first-order chi connectivity index (χ1) is 13.7. The second kappa shape index (κ2) is 9.50. The lowest BCUT2D eigenvalue weighted by atomic mass is 10.1. The number of ether oxygens (including phenoxy) is 2. The number of hydrogen-bond acceptors (Lipinski definition) is 7. The lowest BCUT2D eigenvalue weighted by Gasteiger charge is -2.12. The molecule has 8 heteroatoms. The monoisotopic (exact) mass is 382 g/mol. The highest BCUT2D eigenvalue weighted by Crippen LogP contribution is 2.28. The van der Waals surface area contributed by atoms with Crippen LogP contribution in [0.3, 0.4) is 0 Å². The molecule has 0 saturated carbocycles. The highest BCUT2D eigenvalue weighted by molar-refractivity contribution is 5.89. The van der Waals surface area contributed by atoms with Crippen molar-refractivity contribution in [1.29, 1.82) is 0 Å². The fraction of sp³-hybridized carbons (Fsp3) is 0.300. The fourth-order valence-electron chi connectivity index (χ4n) is 2.57. The summed E-state index contributed by atoms with van der Waals surface area (Å²) in [5.41, 5.74) is 1.73. The largest absolute Gasteiger partial charge is 0.490 e. The van der Waals surface area contributed by atoms with Crippen LogP contribution in [-0.2, 0) is 6.42 Å². The lowest BCUT2D eigenvalue weighted by molar-refractivity contribution is 0.0920. The Kier molecular flexibility index (Phi) is 6.56. The van der Waals surface area contributed by atoms with Crippen molar-refractivity contribution >= 4 is 5.91 Å². The molecule has 0 radical (unpaired) electrons. The van der Waals surface area contributed by atoms with Crippen LogP contribution >= 0.6 is 0 Å². The third-order valence-corrected chi connectivity index (χ3v) is 3.85. The second-order valence-electron chi connectivity index (χ2n) is 5.80. The van der Waals surface area contributed by atoms with Crippen LogP contribution < -0.4 is 14.8 Å². The molecule has 0 unspecified atom stereocenters. The maximum Gasteiger partial charge on any atom is 0.308 e. The molecule has 1 amide bonds. The number of aromatic nitrogens is 3. The average Bonchev–Trinajstić information content (AvgIpc) is 3.21. The van der Waals surface area contributed by atoms with Crippen LogP contribution in [0.4, 0.5) is 0 Å². The smallest absolute Gasteiger partial charge is 0.308 e. The predicted molar refractivity (Wildman–Crippen MR) is 102 cm³/mol. The van der Waals surface area contributed by atoms with Gasteiger partial charge in [0, 0.05) is 24.5 Å². The highest BCUT2D eigenvalue weighted by Gasteiger charge is 2.15. The summed E-state index contributed by atoms with van der Waals surface area (Å²) in [5.74, 6) is 1.21. The first-order valence-electron chi connectivity index (χ1n) is 9.11. The molecule has 0 atom stereocenters. The van der Waals surface area contributed by atoms with Crippen molar-refractivity contribution in [3.63, 3.8) is 0 Å². The van der Waals surface area contributed by atoms with E-state index in [1.807, 2.05) is 32.0 Å². The molecule has 0 aliphatic rings. The van der Waals surface area contributed by atoms with Gasteiger partial charge in [0.1, 0.15) is 0 Å². The van der Waals surface area contributed by atoms with E-state index in [9.17, 15) is 4.79 Å². The summed E-state index contributed by atoms with van der Waals surface area (Å²) in [5, 5.41) is 10.5. The number of carbonyl (C=O) groups excluding carboxylic acids is 1. The number of rotatable bonds is 9. The molecule has 1 N–H and O–H groups in total. The van der Waals surface area contributed by atoms with Gasteiger partial charge in [0.2, 0.25) is 5.89 Å². The molecule has 0 fully saturated rings. The highest BCUT2D eigenvalue weighted by atomic mass is 16.5. The van der Waals surface area contributed by atoms with Crippen molar-refractivity contribution in [2.45, 2.75) is 20.3 Å². The van der Waals surface area contributed by atoms with Crippen molar-refractivity contribution in [1.82, 2.24) is 20.5 Å². The number of amides is 1. The minimum absolute atomic E-state index is 0.0755. The molecule has 8 nitrogen and oxygen atoms in total. The van der Waals surface area contributed by atoms with Gasteiger partial charge in [0.15, 0.2) is 11.5 Å². The zero-order valence-corrected chi connectivity index (χ0v) is 15.8. The Hall–Kier alpha value is -3.42. The van der Waals surface area contributed by atoms with Gasteiger partial charge in [0.05, 0.1) is 13.2 Å². The number of nitrogens with zero attached hydrogens (tertiary/aromatic N) is 3. The van der Waals surface area contributed by atoms with Crippen molar-refractivity contribution in [2.75, 3.05) is 19.8 Å². The maximum absolute atomic E-state index is 12.2. The van der Waals surface area contributed by atoms with E-state index in [2.05, 4.69) is 20.5 Å². The van der Waals surface area contributed by atoms with E-state index in [1.54, 1.807) is 24.5 Å². The van der Waals surface area contributed by atoms with Crippen LogP contribution in [0.15, 0.2) is 47.1 Å². The third-order valence-electron chi connectivity index (χ3n) is 3.85. The van der Waals surface area contributed by atoms with Crippen molar-refractivity contribution < 1.29 is 18.7 Å². The van der Waals surface area contributed by atoms with Gasteiger partial charge in [-0.05, 0) is 50.1 Å². The van der Waals surface area contributed by atoms with Crippen LogP contribution in [0, 0.1) is 0 Å². The van der Waals surface area contributed by atoms with Crippen molar-refractivity contribution in [3.05, 3.63) is 54.2 Å². The van der Waals surface area contributed by atoms with Crippen molar-refractivity contribution in [2.24, 2.45) is 0 Å². The molecule has 3 aromatic rings. The molecule has 0 spiro atoms. The van der Waals surface area contributed by atoms with Crippen molar-refractivity contribution in [3.8, 4) is 23.0 Å². The molecule has 0 bridgehead atoms. The number of pyridine rings is 1. The van der Waals surface area contributed by atoms with E-state index in [0.717, 1.165) is 5.56 Å². The van der Waals surface area contributed by atoms with Crippen LogP contribution in [-0.4, -0.2) is 40.8 Å². The van der Waals surface area contributed by atoms with Crippen LogP contribution in [0.1, 0.15) is 30.1 Å². The Balaban J connectivity index is 1.57. The van der Waals surface area contributed by atoms with Gasteiger partial charge in [-0.1, -0.05) is 6.07 Å². The minimum Gasteiger partial charge on any atom is -0.490 e. The summed E-state index contributed by atoms with van der Waals surface area (Å²) in [6, 6.07) is 9.22. The molecular formula is C20H22N4O4. The van der Waals surface area contributed by atoms with Crippen LogP contribution in [0.5, 0.6) is 11.5 Å². The van der Waals surface area contributed by atoms with E-state index in [-0.39, 0.29) is 11.8 Å². The van der Waals surface area contributed by atoms with Gasteiger partial charge < -0.3 is 19.2 Å². The summed E-state index contributed by atoms with van der Waals surface area (Å²) < 4.78 is 16.6. The zero-order valence-electron chi connectivity index (χ0n) is 15.8. The van der Waals surface area contributed by atoms with Crippen LogP contribution in [0.2, 0.25) is 0 Å². The first-order valence-corrected chi connectivity index (χ1v) is 9.11.